The third kappa shape index (κ3) is 4.09. The first kappa shape index (κ1) is 17.0. The highest BCUT2D eigenvalue weighted by Crippen LogP contribution is 2.26. The van der Waals surface area contributed by atoms with Crippen LogP contribution >= 0.6 is 23.1 Å². The quantitative estimate of drug-likeness (QED) is 0.787. The van der Waals surface area contributed by atoms with Crippen molar-refractivity contribution in [3.8, 4) is 11.3 Å². The van der Waals surface area contributed by atoms with E-state index in [0.717, 1.165) is 17.7 Å². The first-order chi connectivity index (χ1) is 10.5. The van der Waals surface area contributed by atoms with Gasteiger partial charge >= 0.3 is 0 Å². The molecule has 118 valence electrons. The largest absolute Gasteiger partial charge is 0.320 e. The smallest absolute Gasteiger partial charge is 0.243 e. The molecule has 1 amide bonds. The summed E-state index contributed by atoms with van der Waals surface area (Å²) in [7, 11) is 0. The molecule has 0 saturated heterocycles. The zero-order valence-electron chi connectivity index (χ0n) is 13.0. The van der Waals surface area contributed by atoms with Crippen molar-refractivity contribution in [1.29, 1.82) is 0 Å². The van der Waals surface area contributed by atoms with Crippen LogP contribution in [0.1, 0.15) is 20.3 Å². The van der Waals surface area contributed by atoms with Crippen molar-refractivity contribution in [2.75, 3.05) is 11.6 Å². The average Bonchev–Trinajstić information content (AvgIpc) is 3.01. The summed E-state index contributed by atoms with van der Waals surface area (Å²) in [5.41, 5.74) is 7.84. The molecule has 2 aromatic rings. The Labute approximate surface area is 139 Å². The molecule has 1 aromatic heterocycles. The molecule has 22 heavy (non-hydrogen) atoms. The van der Waals surface area contributed by atoms with E-state index in [-0.39, 0.29) is 11.8 Å². The minimum atomic E-state index is -0.502. The van der Waals surface area contributed by atoms with Crippen LogP contribution in [0.5, 0.6) is 0 Å². The lowest BCUT2D eigenvalue weighted by Crippen LogP contribution is -2.40. The van der Waals surface area contributed by atoms with Crippen LogP contribution in [0.15, 0.2) is 34.5 Å². The molecule has 0 aliphatic rings. The van der Waals surface area contributed by atoms with Crippen LogP contribution < -0.4 is 11.1 Å². The number of aromatic nitrogens is 1. The predicted molar refractivity (Wildman–Crippen MR) is 95.4 cm³/mol. The fourth-order valence-corrected chi connectivity index (χ4v) is 3.06. The summed E-state index contributed by atoms with van der Waals surface area (Å²) in [6.45, 7) is 4.00. The molecule has 0 aliphatic carbocycles. The van der Waals surface area contributed by atoms with E-state index in [1.165, 1.54) is 16.2 Å². The number of nitrogens with two attached hydrogens (primary N) is 1. The third-order valence-electron chi connectivity index (χ3n) is 3.68. The Balaban J connectivity index is 2.06. The van der Waals surface area contributed by atoms with Gasteiger partial charge in [-0.2, -0.15) is 0 Å². The lowest BCUT2D eigenvalue weighted by atomic mass is 10.00. The number of carbonyl (C=O) groups excluding carboxylic acids is 1. The standard InChI is InChI=1S/C16H21N3OS2/c1-4-10(2)14(17)15(20)19-16-18-13(9-22-16)11-5-7-12(21-3)8-6-11/h5-10,14H,4,17H2,1-3H3,(H,18,19,20). The monoisotopic (exact) mass is 335 g/mol. The Morgan fingerprint density at radius 1 is 1.41 bits per heavy atom. The summed E-state index contributed by atoms with van der Waals surface area (Å²) in [6, 6.07) is 7.71. The fourth-order valence-electron chi connectivity index (χ4n) is 1.93. The lowest BCUT2D eigenvalue weighted by molar-refractivity contribution is -0.118. The molecule has 0 spiro atoms. The second-order valence-corrected chi connectivity index (χ2v) is 6.90. The Kier molecular flexibility index (Phi) is 5.99. The number of amides is 1. The van der Waals surface area contributed by atoms with Crippen molar-refractivity contribution in [2.45, 2.75) is 31.2 Å². The van der Waals surface area contributed by atoms with Crippen LogP contribution in [-0.2, 0) is 4.79 Å². The van der Waals surface area contributed by atoms with Crippen molar-refractivity contribution in [3.05, 3.63) is 29.6 Å². The van der Waals surface area contributed by atoms with E-state index in [1.54, 1.807) is 11.8 Å². The van der Waals surface area contributed by atoms with Crippen LogP contribution in [0.3, 0.4) is 0 Å². The lowest BCUT2D eigenvalue weighted by Gasteiger charge is -2.16. The summed E-state index contributed by atoms with van der Waals surface area (Å²) in [4.78, 5) is 17.8. The summed E-state index contributed by atoms with van der Waals surface area (Å²) < 4.78 is 0. The number of rotatable bonds is 6. The maximum Gasteiger partial charge on any atom is 0.243 e. The number of thioether (sulfide) groups is 1. The van der Waals surface area contributed by atoms with Gasteiger partial charge in [-0.25, -0.2) is 4.98 Å². The zero-order chi connectivity index (χ0) is 16.1. The van der Waals surface area contributed by atoms with Gasteiger partial charge in [-0.3, -0.25) is 4.79 Å². The van der Waals surface area contributed by atoms with Gasteiger partial charge in [0.25, 0.3) is 0 Å². The minimum absolute atomic E-state index is 0.151. The molecule has 0 aliphatic heterocycles. The number of hydrogen-bond donors (Lipinski definition) is 2. The van der Waals surface area contributed by atoms with Crippen LogP contribution in [0.2, 0.25) is 0 Å². The summed E-state index contributed by atoms with van der Waals surface area (Å²) in [6.07, 6.45) is 2.92. The maximum absolute atomic E-state index is 12.1. The van der Waals surface area contributed by atoms with Crippen LogP contribution in [-0.4, -0.2) is 23.2 Å². The van der Waals surface area contributed by atoms with Crippen LogP contribution in [0.4, 0.5) is 5.13 Å². The molecule has 0 radical (unpaired) electrons. The molecule has 6 heteroatoms. The fraction of sp³-hybridized carbons (Fsp3) is 0.375. The summed E-state index contributed by atoms with van der Waals surface area (Å²) >= 11 is 3.12. The number of benzene rings is 1. The molecule has 0 fully saturated rings. The molecule has 1 aromatic carbocycles. The van der Waals surface area contributed by atoms with E-state index in [2.05, 4.69) is 22.4 Å². The topological polar surface area (TPSA) is 68.0 Å². The predicted octanol–water partition coefficient (Wildman–Crippen LogP) is 3.84. The van der Waals surface area contributed by atoms with Crippen molar-refractivity contribution < 1.29 is 4.79 Å². The minimum Gasteiger partial charge on any atom is -0.320 e. The molecular formula is C16H21N3OS2. The molecule has 0 bridgehead atoms. The number of nitrogens with zero attached hydrogens (tertiary/aromatic N) is 1. The molecule has 2 atom stereocenters. The highest BCUT2D eigenvalue weighted by molar-refractivity contribution is 7.98. The van der Waals surface area contributed by atoms with Gasteiger partial charge < -0.3 is 11.1 Å². The summed E-state index contributed by atoms with van der Waals surface area (Å²) in [5, 5.41) is 5.34. The Morgan fingerprint density at radius 2 is 2.09 bits per heavy atom. The molecule has 0 saturated carbocycles. The first-order valence-corrected chi connectivity index (χ1v) is 9.32. The SMILES string of the molecule is CCC(C)C(N)C(=O)Nc1nc(-c2ccc(SC)cc2)cs1. The van der Waals surface area contributed by atoms with Gasteiger partial charge in [0.2, 0.25) is 5.91 Å². The second kappa shape index (κ2) is 7.76. The zero-order valence-corrected chi connectivity index (χ0v) is 14.6. The van der Waals surface area contributed by atoms with Crippen molar-refractivity contribution in [1.82, 2.24) is 4.98 Å². The van der Waals surface area contributed by atoms with Gasteiger partial charge in [0, 0.05) is 15.8 Å². The Morgan fingerprint density at radius 3 is 2.68 bits per heavy atom. The van der Waals surface area contributed by atoms with Gasteiger partial charge in [-0.15, -0.1) is 23.1 Å². The molecule has 2 unspecified atom stereocenters. The van der Waals surface area contributed by atoms with E-state index in [0.29, 0.717) is 5.13 Å². The third-order valence-corrected chi connectivity index (χ3v) is 5.18. The van der Waals surface area contributed by atoms with E-state index < -0.39 is 6.04 Å². The van der Waals surface area contributed by atoms with E-state index in [1.807, 2.05) is 37.6 Å². The van der Waals surface area contributed by atoms with E-state index >= 15 is 0 Å². The van der Waals surface area contributed by atoms with Crippen molar-refractivity contribution in [2.24, 2.45) is 11.7 Å². The normalized spacial score (nSPS) is 13.6. The van der Waals surface area contributed by atoms with Crippen molar-refractivity contribution >= 4 is 34.1 Å². The molecule has 2 rings (SSSR count). The van der Waals surface area contributed by atoms with Gasteiger partial charge in [0.15, 0.2) is 5.13 Å². The number of anilines is 1. The highest BCUT2D eigenvalue weighted by atomic mass is 32.2. The molecule has 1 heterocycles. The van der Waals surface area contributed by atoms with Gasteiger partial charge in [-0.05, 0) is 24.3 Å². The first-order valence-electron chi connectivity index (χ1n) is 7.21. The maximum atomic E-state index is 12.1. The number of thiazole rings is 1. The molecular weight excluding hydrogens is 314 g/mol. The van der Waals surface area contributed by atoms with Crippen molar-refractivity contribution in [3.63, 3.8) is 0 Å². The number of hydrogen-bond acceptors (Lipinski definition) is 5. The highest BCUT2D eigenvalue weighted by Gasteiger charge is 2.20. The summed E-state index contributed by atoms with van der Waals surface area (Å²) in [5.74, 6) is -0.0218. The number of carbonyl (C=O) groups is 1. The van der Waals surface area contributed by atoms with Crippen LogP contribution in [0, 0.1) is 5.92 Å². The second-order valence-electron chi connectivity index (χ2n) is 5.17. The Bertz CT molecular complexity index is 625. The Hall–Kier alpha value is -1.37. The number of nitrogens with one attached hydrogen (secondary N) is 1. The van der Waals surface area contributed by atoms with Crippen LogP contribution in [0.25, 0.3) is 11.3 Å². The average molecular weight is 335 g/mol. The molecule has 4 nitrogen and oxygen atoms in total. The van der Waals surface area contributed by atoms with Gasteiger partial charge in [0.05, 0.1) is 11.7 Å². The molecule has 3 N–H and O–H groups in total. The van der Waals surface area contributed by atoms with Gasteiger partial charge in [-0.1, -0.05) is 32.4 Å². The van der Waals surface area contributed by atoms with E-state index in [4.69, 9.17) is 5.73 Å². The van der Waals surface area contributed by atoms with E-state index in [9.17, 15) is 4.79 Å². The van der Waals surface area contributed by atoms with Gasteiger partial charge in [0.1, 0.15) is 0 Å².